The lowest BCUT2D eigenvalue weighted by molar-refractivity contribution is -1.10. The molecule has 3 fully saturated rings. The molecule has 1 N–H and O–H groups in total. The van der Waals surface area contributed by atoms with Crippen LogP contribution >= 0.6 is 0 Å². The number of aliphatic hydroxyl groups excluding tert-OH is 1. The van der Waals surface area contributed by atoms with Crippen molar-refractivity contribution in [1.82, 2.24) is 0 Å². The molecule has 3 heterocycles. The first-order valence-electron chi connectivity index (χ1n) is 16.0. The first-order valence-corrected chi connectivity index (χ1v) is 16.0. The van der Waals surface area contributed by atoms with E-state index in [9.17, 15) is 5.11 Å². The van der Waals surface area contributed by atoms with Gasteiger partial charge < -0.3 is 14.1 Å². The lowest BCUT2D eigenvalue weighted by Gasteiger charge is -2.59. The second-order valence-electron chi connectivity index (χ2n) is 12.3. The maximum Gasteiger partial charge on any atom is 0.162 e. The normalized spacial score (nSPS) is 26.4. The zero-order valence-electron chi connectivity index (χ0n) is 23.7. The van der Waals surface area contributed by atoms with Crippen molar-refractivity contribution in [2.45, 2.75) is 148 Å². The number of unbranched alkanes of at least 4 members (excludes halogenated alkanes) is 18. The largest absolute Gasteiger partial charge is 0.390 e. The van der Waals surface area contributed by atoms with Gasteiger partial charge in [-0.2, -0.15) is 0 Å². The van der Waals surface area contributed by atoms with Crippen LogP contribution < -0.4 is 0 Å². The highest BCUT2D eigenvalue weighted by molar-refractivity contribution is 4.72. The molecule has 0 aromatic carbocycles. The second kappa shape index (κ2) is 18.2. The molecule has 3 heteroatoms. The van der Waals surface area contributed by atoms with Gasteiger partial charge in [-0.05, 0) is 25.7 Å². The lowest BCUT2D eigenvalue weighted by Crippen LogP contribution is -2.79. The molecule has 3 nitrogen and oxygen atoms in total. The van der Waals surface area contributed by atoms with Gasteiger partial charge in [0.05, 0.1) is 13.1 Å². The van der Waals surface area contributed by atoms with E-state index in [1.807, 2.05) is 0 Å². The van der Waals surface area contributed by atoms with Crippen LogP contribution in [0, 0.1) is 0 Å². The summed E-state index contributed by atoms with van der Waals surface area (Å²) in [4.78, 5) is 0. The number of piperazine rings is 3. The highest BCUT2D eigenvalue weighted by atomic mass is 16.3. The van der Waals surface area contributed by atoms with Crippen LogP contribution in [0.3, 0.4) is 0 Å². The number of quaternary nitrogens is 2. The number of fused-ring (bicyclic) bond motifs is 3. The van der Waals surface area contributed by atoms with Gasteiger partial charge in [0.15, 0.2) is 6.04 Å². The van der Waals surface area contributed by atoms with Crippen LogP contribution in [0.15, 0.2) is 0 Å². The van der Waals surface area contributed by atoms with E-state index in [1.165, 1.54) is 183 Å². The summed E-state index contributed by atoms with van der Waals surface area (Å²) in [5, 5.41) is 10.3. The van der Waals surface area contributed by atoms with Crippen LogP contribution in [0.25, 0.3) is 0 Å². The Morgan fingerprint density at radius 2 is 0.882 bits per heavy atom. The molecule has 1 atom stereocenters. The average Bonchev–Trinajstić information content (AvgIpc) is 2.87. The Labute approximate surface area is 214 Å². The third-order valence-corrected chi connectivity index (χ3v) is 9.57. The van der Waals surface area contributed by atoms with E-state index in [0.717, 1.165) is 0 Å². The molecular formula is C31H64N2O+2. The van der Waals surface area contributed by atoms with E-state index in [-0.39, 0.29) is 0 Å². The Hall–Kier alpha value is -0.120. The van der Waals surface area contributed by atoms with Gasteiger partial charge >= 0.3 is 0 Å². The molecule has 202 valence electrons. The van der Waals surface area contributed by atoms with Crippen molar-refractivity contribution in [2.75, 3.05) is 52.4 Å². The van der Waals surface area contributed by atoms with Crippen LogP contribution in [0.5, 0.6) is 0 Å². The number of rotatable bonds is 23. The number of hydrogen-bond acceptors (Lipinski definition) is 1. The van der Waals surface area contributed by atoms with Crippen molar-refractivity contribution in [1.29, 1.82) is 0 Å². The third-order valence-electron chi connectivity index (χ3n) is 9.57. The molecule has 0 spiro atoms. The molecule has 0 aliphatic carbocycles. The Morgan fingerprint density at radius 3 is 1.29 bits per heavy atom. The first kappa shape index (κ1) is 30.1. The third kappa shape index (κ3) is 10.9. The van der Waals surface area contributed by atoms with E-state index in [1.54, 1.807) is 0 Å². The fourth-order valence-electron chi connectivity index (χ4n) is 7.01. The fourth-order valence-corrected chi connectivity index (χ4v) is 7.01. The highest BCUT2D eigenvalue weighted by Gasteiger charge is 2.54. The van der Waals surface area contributed by atoms with Gasteiger partial charge in [-0.15, -0.1) is 0 Å². The molecule has 3 aliphatic heterocycles. The van der Waals surface area contributed by atoms with Crippen LogP contribution in [0.1, 0.15) is 142 Å². The molecule has 34 heavy (non-hydrogen) atoms. The van der Waals surface area contributed by atoms with Gasteiger partial charge in [0.25, 0.3) is 0 Å². The average molecular weight is 481 g/mol. The summed E-state index contributed by atoms with van der Waals surface area (Å²) < 4.78 is 2.59. The Bertz CT molecular complexity index is 472. The summed E-state index contributed by atoms with van der Waals surface area (Å²) in [7, 11) is 0. The van der Waals surface area contributed by atoms with Crippen LogP contribution in [-0.4, -0.2) is 72.5 Å². The quantitative estimate of drug-likeness (QED) is 0.117. The molecule has 1 unspecified atom stereocenters. The summed E-state index contributed by atoms with van der Waals surface area (Å²) in [6, 6.07) is 0.518. The first-order chi connectivity index (χ1) is 16.7. The molecule has 0 aromatic rings. The summed E-state index contributed by atoms with van der Waals surface area (Å²) in [6.07, 6.45) is 28.5. The molecule has 0 radical (unpaired) electrons. The van der Waals surface area contributed by atoms with Gasteiger partial charge in [0.2, 0.25) is 0 Å². The smallest absolute Gasteiger partial charge is 0.162 e. The summed E-state index contributed by atoms with van der Waals surface area (Å²) in [6.45, 7) is 14.4. The topological polar surface area (TPSA) is 20.2 Å². The Balaban J connectivity index is 1.54. The zero-order chi connectivity index (χ0) is 24.4. The van der Waals surface area contributed by atoms with E-state index in [0.29, 0.717) is 12.6 Å². The van der Waals surface area contributed by atoms with Crippen molar-refractivity contribution in [2.24, 2.45) is 0 Å². The maximum atomic E-state index is 10.3. The highest BCUT2D eigenvalue weighted by Crippen LogP contribution is 2.33. The number of aliphatic hydroxyl groups is 1. The zero-order valence-corrected chi connectivity index (χ0v) is 23.7. The van der Waals surface area contributed by atoms with E-state index < -0.39 is 0 Å². The van der Waals surface area contributed by atoms with Crippen molar-refractivity contribution in [3.63, 3.8) is 0 Å². The summed E-state index contributed by atoms with van der Waals surface area (Å²) in [5.74, 6) is 0. The van der Waals surface area contributed by atoms with Gasteiger partial charge in [-0.3, -0.25) is 0 Å². The standard InChI is InChI=1S/C31H64N2O/c1-3-5-7-9-11-13-15-17-19-21-23-32-25-27-33(28-26-32,31(29-32)30-34)24-22-20-18-16-14-12-10-8-6-4-2/h31,34H,3-30H2,1-2H3/q+2. The van der Waals surface area contributed by atoms with Gasteiger partial charge in [0, 0.05) is 0 Å². The van der Waals surface area contributed by atoms with Crippen molar-refractivity contribution < 1.29 is 14.1 Å². The Kier molecular flexibility index (Phi) is 16.1. The van der Waals surface area contributed by atoms with Crippen molar-refractivity contribution in [3.05, 3.63) is 0 Å². The molecule has 0 aromatic heterocycles. The molecule has 3 saturated heterocycles. The molecular weight excluding hydrogens is 416 g/mol. The summed E-state index contributed by atoms with van der Waals surface area (Å²) >= 11 is 0. The van der Waals surface area contributed by atoms with E-state index >= 15 is 0 Å². The summed E-state index contributed by atoms with van der Waals surface area (Å²) in [5.41, 5.74) is 0. The van der Waals surface area contributed by atoms with Crippen LogP contribution in [0.4, 0.5) is 0 Å². The maximum absolute atomic E-state index is 10.3. The predicted octanol–water partition coefficient (Wildman–Crippen LogP) is 7.85. The van der Waals surface area contributed by atoms with Crippen LogP contribution in [-0.2, 0) is 0 Å². The van der Waals surface area contributed by atoms with E-state index in [4.69, 9.17) is 0 Å². The minimum absolute atomic E-state index is 0.412. The minimum Gasteiger partial charge on any atom is -0.390 e. The van der Waals surface area contributed by atoms with Crippen molar-refractivity contribution in [3.8, 4) is 0 Å². The molecule has 3 aliphatic rings. The molecule has 0 saturated carbocycles. The monoisotopic (exact) mass is 481 g/mol. The molecule has 0 amide bonds. The Morgan fingerprint density at radius 1 is 0.500 bits per heavy atom. The van der Waals surface area contributed by atoms with E-state index in [2.05, 4.69) is 13.8 Å². The fraction of sp³-hybridized carbons (Fsp3) is 1.00. The second-order valence-corrected chi connectivity index (χ2v) is 12.3. The molecule has 2 bridgehead atoms. The SMILES string of the molecule is CCCCCCCCCCCC[N+]12CC[N+](CCCCCCCCCCCC)(CC1)C(CO)C2. The van der Waals surface area contributed by atoms with Gasteiger partial charge in [0.1, 0.15) is 39.3 Å². The predicted molar refractivity (Wildman–Crippen MR) is 149 cm³/mol. The number of nitrogens with zero attached hydrogens (tertiary/aromatic N) is 2. The lowest BCUT2D eigenvalue weighted by atomic mass is 9.97. The van der Waals surface area contributed by atoms with Gasteiger partial charge in [-0.25, -0.2) is 0 Å². The molecule has 3 rings (SSSR count). The van der Waals surface area contributed by atoms with Crippen LogP contribution in [0.2, 0.25) is 0 Å². The van der Waals surface area contributed by atoms with Crippen molar-refractivity contribution >= 4 is 0 Å². The minimum atomic E-state index is 0.412. The number of hydrogen-bond donors (Lipinski definition) is 1. The van der Waals surface area contributed by atoms with Gasteiger partial charge in [-0.1, -0.05) is 117 Å².